The molecule has 1 aliphatic rings. The Labute approximate surface area is 179 Å². The second kappa shape index (κ2) is 8.02. The summed E-state index contributed by atoms with van der Waals surface area (Å²) >= 11 is 0. The number of nitrogens with one attached hydrogen (secondary N) is 1. The number of carbonyl (C=O) groups excluding carboxylic acids is 1. The average molecular weight is 421 g/mol. The summed E-state index contributed by atoms with van der Waals surface area (Å²) < 4.78 is 18.0. The van der Waals surface area contributed by atoms with Crippen LogP contribution in [0.2, 0.25) is 0 Å². The zero-order chi connectivity index (χ0) is 22.1. The SMILES string of the molecule is COc1cccc(-c2nc3n(n2)[C@@H](c2cccc(OC)c2OC)C(C(N)=O)=C(C)N3)c1. The van der Waals surface area contributed by atoms with Gasteiger partial charge >= 0.3 is 0 Å². The third kappa shape index (κ3) is 3.43. The van der Waals surface area contributed by atoms with Crippen LogP contribution in [-0.2, 0) is 4.79 Å². The molecule has 1 amide bonds. The number of hydrogen-bond donors (Lipinski definition) is 2. The number of carbonyl (C=O) groups is 1. The summed E-state index contributed by atoms with van der Waals surface area (Å²) in [5.74, 6) is 2.12. The lowest BCUT2D eigenvalue weighted by Crippen LogP contribution is -2.32. The van der Waals surface area contributed by atoms with Gasteiger partial charge in [-0.3, -0.25) is 4.79 Å². The Balaban J connectivity index is 1.92. The molecular weight excluding hydrogens is 398 g/mol. The summed E-state index contributed by atoms with van der Waals surface area (Å²) in [6, 6.07) is 12.3. The van der Waals surface area contributed by atoms with Crippen LogP contribution >= 0.6 is 0 Å². The third-order valence-electron chi connectivity index (χ3n) is 5.17. The van der Waals surface area contributed by atoms with E-state index in [1.165, 1.54) is 0 Å². The number of nitrogens with two attached hydrogens (primary N) is 1. The van der Waals surface area contributed by atoms with Crippen LogP contribution in [0.25, 0.3) is 11.4 Å². The zero-order valence-corrected chi connectivity index (χ0v) is 17.7. The van der Waals surface area contributed by atoms with Gasteiger partial charge in [0.05, 0.1) is 26.9 Å². The molecule has 4 rings (SSSR count). The number of ether oxygens (including phenoxy) is 3. The zero-order valence-electron chi connectivity index (χ0n) is 17.7. The van der Waals surface area contributed by atoms with Crippen molar-refractivity contribution >= 4 is 11.9 Å². The Morgan fingerprint density at radius 2 is 1.87 bits per heavy atom. The molecule has 9 heteroatoms. The Hall–Kier alpha value is -4.01. The lowest BCUT2D eigenvalue weighted by Gasteiger charge is -2.29. The van der Waals surface area contributed by atoms with E-state index in [-0.39, 0.29) is 0 Å². The predicted octanol–water partition coefficient (Wildman–Crippen LogP) is 2.75. The number of hydrogen-bond acceptors (Lipinski definition) is 7. The average Bonchev–Trinajstić information content (AvgIpc) is 3.20. The fraction of sp³-hybridized carbons (Fsp3) is 0.227. The topological polar surface area (TPSA) is 114 Å². The van der Waals surface area contributed by atoms with Crippen LogP contribution in [-0.4, -0.2) is 42.0 Å². The highest BCUT2D eigenvalue weighted by Crippen LogP contribution is 2.43. The molecule has 0 saturated carbocycles. The Kier molecular flexibility index (Phi) is 5.24. The van der Waals surface area contributed by atoms with Crippen LogP contribution in [0.1, 0.15) is 18.5 Å². The monoisotopic (exact) mass is 421 g/mol. The first kappa shape index (κ1) is 20.3. The van der Waals surface area contributed by atoms with E-state index in [0.29, 0.717) is 45.9 Å². The van der Waals surface area contributed by atoms with Crippen LogP contribution in [0, 0.1) is 0 Å². The minimum absolute atomic E-state index is 0.362. The maximum absolute atomic E-state index is 12.4. The van der Waals surface area contributed by atoms with E-state index < -0.39 is 11.9 Å². The summed E-state index contributed by atoms with van der Waals surface area (Å²) in [7, 11) is 4.71. The molecule has 9 nitrogen and oxygen atoms in total. The predicted molar refractivity (Wildman–Crippen MR) is 115 cm³/mol. The van der Waals surface area contributed by atoms with Crippen molar-refractivity contribution in [2.75, 3.05) is 26.6 Å². The molecule has 0 fully saturated rings. The molecule has 0 unspecified atom stereocenters. The van der Waals surface area contributed by atoms with Gasteiger partial charge in [-0.1, -0.05) is 24.3 Å². The van der Waals surface area contributed by atoms with Crippen molar-refractivity contribution in [1.29, 1.82) is 0 Å². The summed E-state index contributed by atoms with van der Waals surface area (Å²) in [5, 5.41) is 7.84. The van der Waals surface area contributed by atoms with Crippen LogP contribution in [0.5, 0.6) is 17.2 Å². The second-order valence-electron chi connectivity index (χ2n) is 6.95. The van der Waals surface area contributed by atoms with Gasteiger partial charge in [0.15, 0.2) is 17.3 Å². The van der Waals surface area contributed by atoms with Crippen molar-refractivity contribution in [1.82, 2.24) is 14.8 Å². The van der Waals surface area contributed by atoms with Gasteiger partial charge in [0.25, 0.3) is 0 Å². The number of para-hydroxylation sites is 1. The van der Waals surface area contributed by atoms with Gasteiger partial charge in [0.1, 0.15) is 11.8 Å². The van der Waals surface area contributed by atoms with Crippen molar-refractivity contribution in [3.63, 3.8) is 0 Å². The first-order valence-electron chi connectivity index (χ1n) is 9.58. The Morgan fingerprint density at radius 1 is 1.10 bits per heavy atom. The molecule has 1 aliphatic heterocycles. The number of rotatable bonds is 6. The molecule has 160 valence electrons. The number of methoxy groups -OCH3 is 3. The lowest BCUT2D eigenvalue weighted by molar-refractivity contribution is -0.115. The van der Waals surface area contributed by atoms with Gasteiger partial charge in [0.2, 0.25) is 11.9 Å². The van der Waals surface area contributed by atoms with Crippen LogP contribution in [0.15, 0.2) is 53.7 Å². The number of amides is 1. The molecule has 0 radical (unpaired) electrons. The largest absolute Gasteiger partial charge is 0.497 e. The van der Waals surface area contributed by atoms with Crippen molar-refractivity contribution < 1.29 is 19.0 Å². The normalized spacial score (nSPS) is 15.2. The van der Waals surface area contributed by atoms with Crippen LogP contribution < -0.4 is 25.3 Å². The highest BCUT2D eigenvalue weighted by atomic mass is 16.5. The molecule has 31 heavy (non-hydrogen) atoms. The van der Waals surface area contributed by atoms with Gasteiger partial charge in [-0.25, -0.2) is 4.68 Å². The highest BCUT2D eigenvalue weighted by Gasteiger charge is 2.35. The molecule has 2 aromatic carbocycles. The van der Waals surface area contributed by atoms with Crippen LogP contribution in [0.4, 0.5) is 5.95 Å². The Bertz CT molecular complexity index is 1180. The molecular formula is C22H23N5O4. The van der Waals surface area contributed by atoms with E-state index >= 15 is 0 Å². The van der Waals surface area contributed by atoms with E-state index in [0.717, 1.165) is 5.56 Å². The van der Waals surface area contributed by atoms with E-state index in [1.807, 2.05) is 36.4 Å². The molecule has 2 heterocycles. The van der Waals surface area contributed by atoms with E-state index in [1.54, 1.807) is 39.0 Å². The van der Waals surface area contributed by atoms with Crippen molar-refractivity contribution in [3.05, 3.63) is 59.3 Å². The first-order valence-corrected chi connectivity index (χ1v) is 9.58. The highest BCUT2D eigenvalue weighted by molar-refractivity contribution is 5.95. The summed E-state index contributed by atoms with van der Waals surface area (Å²) in [4.78, 5) is 17.1. The smallest absolute Gasteiger partial charge is 0.248 e. The minimum Gasteiger partial charge on any atom is -0.497 e. The number of primary amides is 1. The summed E-state index contributed by atoms with van der Waals surface area (Å²) in [5.41, 5.74) is 8.19. The molecule has 0 spiro atoms. The van der Waals surface area contributed by atoms with E-state index in [2.05, 4.69) is 10.3 Å². The first-order chi connectivity index (χ1) is 15.0. The molecule has 1 atom stereocenters. The van der Waals surface area contributed by atoms with Gasteiger partial charge < -0.3 is 25.3 Å². The molecule has 1 aromatic heterocycles. The van der Waals surface area contributed by atoms with Crippen LogP contribution in [0.3, 0.4) is 0 Å². The number of fused-ring (bicyclic) bond motifs is 1. The standard InChI is InChI=1S/C22H23N5O4/c1-12-17(20(23)28)18(15-9-6-10-16(30-3)19(15)31-4)27-22(24-12)25-21(26-27)13-7-5-8-14(11-13)29-2/h5-11,18H,1-4H3,(H2,23,28)(H,24,25,26)/t18-/m0/s1. The van der Waals surface area contributed by atoms with Crippen molar-refractivity contribution in [2.24, 2.45) is 5.73 Å². The van der Waals surface area contributed by atoms with E-state index in [9.17, 15) is 4.79 Å². The minimum atomic E-state index is -0.648. The van der Waals surface area contributed by atoms with Crippen molar-refractivity contribution in [3.8, 4) is 28.6 Å². The van der Waals surface area contributed by atoms with Gasteiger partial charge in [-0.05, 0) is 25.1 Å². The molecule has 0 saturated heterocycles. The molecule has 0 bridgehead atoms. The maximum Gasteiger partial charge on any atom is 0.248 e. The molecule has 3 N–H and O–H groups in total. The number of anilines is 1. The van der Waals surface area contributed by atoms with Gasteiger partial charge in [-0.2, -0.15) is 4.98 Å². The third-order valence-corrected chi connectivity index (χ3v) is 5.17. The maximum atomic E-state index is 12.4. The molecule has 3 aromatic rings. The second-order valence-corrected chi connectivity index (χ2v) is 6.95. The Morgan fingerprint density at radius 3 is 2.55 bits per heavy atom. The molecule has 0 aliphatic carbocycles. The lowest BCUT2D eigenvalue weighted by atomic mass is 9.94. The quantitative estimate of drug-likeness (QED) is 0.629. The van der Waals surface area contributed by atoms with Gasteiger partial charge in [-0.15, -0.1) is 5.10 Å². The number of aromatic nitrogens is 3. The fourth-order valence-electron chi connectivity index (χ4n) is 3.77. The van der Waals surface area contributed by atoms with Gasteiger partial charge in [0, 0.05) is 16.8 Å². The number of allylic oxidation sites excluding steroid dienone is 1. The number of nitrogens with zero attached hydrogens (tertiary/aromatic N) is 3. The summed E-state index contributed by atoms with van der Waals surface area (Å²) in [6.45, 7) is 1.78. The van der Waals surface area contributed by atoms with Crippen molar-refractivity contribution in [2.45, 2.75) is 13.0 Å². The van der Waals surface area contributed by atoms with E-state index in [4.69, 9.17) is 25.0 Å². The summed E-state index contributed by atoms with van der Waals surface area (Å²) in [6.07, 6.45) is 0. The fourth-order valence-corrected chi connectivity index (χ4v) is 3.77. The number of benzene rings is 2.